The van der Waals surface area contributed by atoms with Gasteiger partial charge < -0.3 is 18.7 Å². The number of hydrogen-bond donors (Lipinski definition) is 0. The maximum atomic E-state index is 6.04. The summed E-state index contributed by atoms with van der Waals surface area (Å²) in [4.78, 5) is 0. The van der Waals surface area contributed by atoms with Gasteiger partial charge in [-0.15, -0.1) is 0 Å². The minimum absolute atomic E-state index is 0.0404. The van der Waals surface area contributed by atoms with Gasteiger partial charge in [0, 0.05) is 25.2 Å². The molecule has 5 heteroatoms. The third-order valence-corrected chi connectivity index (χ3v) is 4.46. The van der Waals surface area contributed by atoms with E-state index in [4.69, 9.17) is 18.7 Å². The summed E-state index contributed by atoms with van der Waals surface area (Å²) < 4.78 is 23.7. The highest BCUT2D eigenvalue weighted by Crippen LogP contribution is 2.37. The van der Waals surface area contributed by atoms with Crippen LogP contribution in [0.25, 0.3) is 10.8 Å². The molecule has 110 valence electrons. The zero-order valence-corrected chi connectivity index (χ0v) is 12.3. The first-order chi connectivity index (χ1) is 10.2. The van der Waals surface area contributed by atoms with Crippen molar-refractivity contribution in [2.24, 2.45) is 5.41 Å². The number of hydrogen-bond acceptors (Lipinski definition) is 4. The standard InChI is InChI=1S/C16H18BO4/c1-16-9-19-17(20-10-16,21-11-16)15-13-6-4-3-5-12(13)7-8-14(15)18-2/h3-8H,9-11H2,1-2H3/q-1. The highest BCUT2D eigenvalue weighted by atomic mass is 16.8. The minimum Gasteiger partial charge on any atom is -0.540 e. The Morgan fingerprint density at radius 1 is 1.00 bits per heavy atom. The van der Waals surface area contributed by atoms with Crippen LogP contribution in [0.5, 0.6) is 5.75 Å². The largest absolute Gasteiger partial charge is 0.540 e. The first-order valence-electron chi connectivity index (χ1n) is 7.27. The molecular weight excluding hydrogens is 267 g/mol. The van der Waals surface area contributed by atoms with E-state index in [2.05, 4.69) is 19.1 Å². The quantitative estimate of drug-likeness (QED) is 0.792. The van der Waals surface area contributed by atoms with Gasteiger partial charge in [0.1, 0.15) is 0 Å². The molecule has 21 heavy (non-hydrogen) atoms. The van der Waals surface area contributed by atoms with E-state index >= 15 is 0 Å². The molecule has 3 aliphatic heterocycles. The van der Waals surface area contributed by atoms with E-state index in [9.17, 15) is 0 Å². The molecule has 3 aliphatic rings. The number of fused-ring (bicyclic) bond motifs is 4. The van der Waals surface area contributed by atoms with Crippen LogP contribution in [0, 0.1) is 5.41 Å². The SMILES string of the molecule is COc1ccc2ccccc2c1[B-]12OCC(C)(CO1)CO2. The minimum atomic E-state index is -1.92. The summed E-state index contributed by atoms with van der Waals surface area (Å²) in [5.74, 6) is 0.749. The van der Waals surface area contributed by atoms with Crippen molar-refractivity contribution in [3.63, 3.8) is 0 Å². The summed E-state index contributed by atoms with van der Waals surface area (Å²) in [5.41, 5.74) is 0.846. The highest BCUT2D eigenvalue weighted by molar-refractivity contribution is 6.78. The van der Waals surface area contributed by atoms with Crippen LogP contribution < -0.4 is 10.2 Å². The number of benzene rings is 2. The van der Waals surface area contributed by atoms with E-state index in [1.54, 1.807) is 7.11 Å². The van der Waals surface area contributed by atoms with Gasteiger partial charge in [0.15, 0.2) is 0 Å². The van der Waals surface area contributed by atoms with Crippen LogP contribution >= 0.6 is 0 Å². The lowest BCUT2D eigenvalue weighted by Gasteiger charge is -2.58. The Balaban J connectivity index is 1.93. The molecule has 0 aliphatic carbocycles. The first kappa shape index (κ1) is 13.1. The van der Waals surface area contributed by atoms with Gasteiger partial charge in [0.05, 0.1) is 12.9 Å². The van der Waals surface area contributed by atoms with E-state index in [0.717, 1.165) is 22.0 Å². The summed E-state index contributed by atoms with van der Waals surface area (Å²) in [6, 6.07) is 12.1. The normalized spacial score (nSPS) is 31.5. The Hall–Kier alpha value is -1.56. The van der Waals surface area contributed by atoms with Gasteiger partial charge in [-0.05, 0) is 16.8 Å². The molecule has 0 N–H and O–H groups in total. The predicted molar refractivity (Wildman–Crippen MR) is 81.9 cm³/mol. The lowest BCUT2D eigenvalue weighted by atomic mass is 9.62. The van der Waals surface area contributed by atoms with Gasteiger partial charge in [-0.25, -0.2) is 0 Å². The molecule has 3 heterocycles. The van der Waals surface area contributed by atoms with Gasteiger partial charge in [-0.1, -0.05) is 42.7 Å². The fraction of sp³-hybridized carbons (Fsp3) is 0.375. The van der Waals surface area contributed by atoms with Gasteiger partial charge in [0.2, 0.25) is 0 Å². The summed E-state index contributed by atoms with van der Waals surface area (Å²) >= 11 is 0. The number of rotatable bonds is 2. The second-order valence-corrected chi connectivity index (χ2v) is 6.29. The molecule has 0 radical (unpaired) electrons. The van der Waals surface area contributed by atoms with Crippen molar-refractivity contribution < 1.29 is 18.7 Å². The van der Waals surface area contributed by atoms with Crippen molar-refractivity contribution in [3.05, 3.63) is 36.4 Å². The van der Waals surface area contributed by atoms with Crippen LogP contribution in [0.1, 0.15) is 6.92 Å². The maximum Gasteiger partial charge on any atom is 0.413 e. The maximum absolute atomic E-state index is 6.04. The van der Waals surface area contributed by atoms with Crippen LogP contribution in [0.15, 0.2) is 36.4 Å². The van der Waals surface area contributed by atoms with Crippen molar-refractivity contribution in [3.8, 4) is 5.75 Å². The second kappa shape index (κ2) is 4.47. The van der Waals surface area contributed by atoms with Gasteiger partial charge in [0.25, 0.3) is 0 Å². The molecule has 3 fully saturated rings. The molecule has 0 atom stereocenters. The molecular formula is C16H18BO4-. The third-order valence-electron chi connectivity index (χ3n) is 4.46. The van der Waals surface area contributed by atoms with Gasteiger partial charge >= 0.3 is 6.75 Å². The monoisotopic (exact) mass is 285 g/mol. The highest BCUT2D eigenvalue weighted by Gasteiger charge is 2.48. The molecule has 2 bridgehead atoms. The molecule has 2 aromatic carbocycles. The smallest absolute Gasteiger partial charge is 0.413 e. The van der Waals surface area contributed by atoms with Gasteiger partial charge in [-0.3, -0.25) is 0 Å². The lowest BCUT2D eigenvalue weighted by Crippen LogP contribution is -2.69. The number of methoxy groups -OCH3 is 1. The van der Waals surface area contributed by atoms with E-state index in [-0.39, 0.29) is 5.41 Å². The molecule has 0 amide bonds. The summed E-state index contributed by atoms with van der Waals surface area (Å²) in [7, 11) is 1.66. The summed E-state index contributed by atoms with van der Waals surface area (Å²) in [6.07, 6.45) is 0. The summed E-state index contributed by atoms with van der Waals surface area (Å²) in [5, 5.41) is 2.18. The molecule has 3 saturated heterocycles. The van der Waals surface area contributed by atoms with Crippen LogP contribution in [0.3, 0.4) is 0 Å². The van der Waals surface area contributed by atoms with Crippen LogP contribution in [-0.4, -0.2) is 33.7 Å². The topological polar surface area (TPSA) is 36.9 Å². The van der Waals surface area contributed by atoms with Crippen LogP contribution in [0.4, 0.5) is 0 Å². The Kier molecular flexibility index (Phi) is 2.79. The number of ether oxygens (including phenoxy) is 1. The van der Waals surface area contributed by atoms with E-state index < -0.39 is 6.75 Å². The van der Waals surface area contributed by atoms with Crippen molar-refractivity contribution in [2.75, 3.05) is 26.9 Å². The zero-order chi connectivity index (χ0) is 14.5. The fourth-order valence-electron chi connectivity index (χ4n) is 3.27. The first-order valence-corrected chi connectivity index (χ1v) is 7.27. The van der Waals surface area contributed by atoms with Crippen LogP contribution in [-0.2, 0) is 14.0 Å². The van der Waals surface area contributed by atoms with Crippen molar-refractivity contribution >= 4 is 23.0 Å². The van der Waals surface area contributed by atoms with Crippen molar-refractivity contribution in [2.45, 2.75) is 6.92 Å². The molecule has 0 spiro atoms. The molecule has 0 aromatic heterocycles. The van der Waals surface area contributed by atoms with Crippen molar-refractivity contribution in [1.29, 1.82) is 0 Å². The lowest BCUT2D eigenvalue weighted by molar-refractivity contribution is -0.119. The molecule has 5 rings (SSSR count). The molecule has 4 nitrogen and oxygen atoms in total. The average molecular weight is 285 g/mol. The van der Waals surface area contributed by atoms with Crippen LogP contribution in [0.2, 0.25) is 0 Å². The third kappa shape index (κ3) is 1.88. The predicted octanol–water partition coefficient (Wildman–Crippen LogP) is 2.08. The Bertz CT molecular complexity index is 675. The Morgan fingerprint density at radius 3 is 2.33 bits per heavy atom. The average Bonchev–Trinajstić information content (AvgIpc) is 2.55. The molecule has 2 aromatic rings. The van der Waals surface area contributed by atoms with Gasteiger partial charge in [-0.2, -0.15) is 0 Å². The Labute approximate surface area is 124 Å². The van der Waals surface area contributed by atoms with E-state index in [1.165, 1.54) is 0 Å². The van der Waals surface area contributed by atoms with Crippen molar-refractivity contribution in [1.82, 2.24) is 0 Å². The molecule has 0 unspecified atom stereocenters. The molecule has 0 saturated carbocycles. The van der Waals surface area contributed by atoms with E-state index in [0.29, 0.717) is 19.8 Å². The Morgan fingerprint density at radius 2 is 1.67 bits per heavy atom. The van der Waals surface area contributed by atoms with E-state index in [1.807, 2.05) is 24.3 Å². The summed E-state index contributed by atoms with van der Waals surface area (Å²) in [6.45, 7) is 2.15. The second-order valence-electron chi connectivity index (χ2n) is 6.29. The fourth-order valence-corrected chi connectivity index (χ4v) is 3.27. The zero-order valence-electron chi connectivity index (χ0n) is 12.3.